The van der Waals surface area contributed by atoms with Crippen LogP contribution in [-0.2, 0) is 4.74 Å². The standard InChI is InChI=1S/C23H28N6O2S/c1-7-30-18-16-15(14-12-10-9-11-13-14)17-19(31-8-2)25-23(29(5)6)27-21(17)32-20(16)26-22(24-18)28(3)4/h9-13,18H,7-8H2,1-6H3. The molecule has 2 aliphatic rings. The number of hydrogen-bond acceptors (Lipinski definition) is 9. The number of aliphatic imine (C=N–C) groups is 2. The summed E-state index contributed by atoms with van der Waals surface area (Å²) in [5, 5.41) is 1.64. The summed E-state index contributed by atoms with van der Waals surface area (Å²) in [6, 6.07) is 10.2. The van der Waals surface area contributed by atoms with Crippen LogP contribution in [0.4, 0.5) is 5.95 Å². The Hall–Kier alpha value is -2.91. The molecule has 1 unspecified atom stereocenters. The van der Waals surface area contributed by atoms with Crippen LogP contribution in [-0.4, -0.2) is 73.5 Å². The zero-order valence-corrected chi connectivity index (χ0v) is 20.1. The summed E-state index contributed by atoms with van der Waals surface area (Å²) in [6.45, 7) is 4.96. The Morgan fingerprint density at radius 1 is 0.969 bits per heavy atom. The maximum atomic E-state index is 6.11. The zero-order valence-electron chi connectivity index (χ0n) is 19.3. The van der Waals surface area contributed by atoms with Gasteiger partial charge in [0.15, 0.2) is 6.23 Å². The Morgan fingerprint density at radius 3 is 2.34 bits per heavy atom. The molecule has 0 saturated carbocycles. The van der Waals surface area contributed by atoms with Crippen molar-refractivity contribution in [2.45, 2.75) is 25.1 Å². The van der Waals surface area contributed by atoms with Gasteiger partial charge in [-0.05, 0) is 31.2 Å². The summed E-state index contributed by atoms with van der Waals surface area (Å²) in [7, 11) is 7.70. The van der Waals surface area contributed by atoms with E-state index in [-0.39, 0.29) is 0 Å². The molecule has 0 fully saturated rings. The average molecular weight is 453 g/mol. The lowest BCUT2D eigenvalue weighted by molar-refractivity contribution is 0.0975. The van der Waals surface area contributed by atoms with Crippen LogP contribution < -0.4 is 9.64 Å². The fourth-order valence-corrected chi connectivity index (χ4v) is 4.57. The number of anilines is 1. The first-order valence-electron chi connectivity index (χ1n) is 10.6. The molecular weight excluding hydrogens is 424 g/mol. The molecule has 8 nitrogen and oxygen atoms in total. The Balaban J connectivity index is 2.05. The van der Waals surface area contributed by atoms with E-state index < -0.39 is 6.23 Å². The van der Waals surface area contributed by atoms with Crippen molar-refractivity contribution >= 4 is 34.3 Å². The molecule has 1 aromatic carbocycles. The molecule has 2 aliphatic heterocycles. The maximum absolute atomic E-state index is 6.11. The van der Waals surface area contributed by atoms with E-state index >= 15 is 0 Å². The van der Waals surface area contributed by atoms with Crippen LogP contribution in [0.2, 0.25) is 0 Å². The van der Waals surface area contributed by atoms with Gasteiger partial charge in [0.2, 0.25) is 17.8 Å². The van der Waals surface area contributed by atoms with E-state index in [2.05, 4.69) is 12.1 Å². The van der Waals surface area contributed by atoms with E-state index in [1.165, 1.54) is 11.8 Å². The summed E-state index contributed by atoms with van der Waals surface area (Å²) < 4.78 is 12.1. The van der Waals surface area contributed by atoms with E-state index in [1.807, 2.05) is 70.0 Å². The molecule has 32 heavy (non-hydrogen) atoms. The van der Waals surface area contributed by atoms with Crippen LogP contribution in [0, 0.1) is 0 Å². The summed E-state index contributed by atoms with van der Waals surface area (Å²) in [5.41, 5.74) is 3.75. The SMILES string of the molecule is CCOc1nc(N(C)C)nc2c1C(c1ccccc1)=C1C(=NC(N(C)C)=NC1OCC)S2. The second-order valence-electron chi connectivity index (χ2n) is 7.64. The fraction of sp³-hybridized carbons (Fsp3) is 0.391. The zero-order chi connectivity index (χ0) is 22.8. The van der Waals surface area contributed by atoms with Gasteiger partial charge < -0.3 is 19.3 Å². The third kappa shape index (κ3) is 4.10. The highest BCUT2D eigenvalue weighted by molar-refractivity contribution is 8.14. The molecular formula is C23H28N6O2S. The van der Waals surface area contributed by atoms with Crippen molar-refractivity contribution in [1.29, 1.82) is 0 Å². The molecule has 0 spiro atoms. The molecule has 3 heterocycles. The fourth-order valence-electron chi connectivity index (χ4n) is 3.53. The van der Waals surface area contributed by atoms with E-state index in [1.54, 1.807) is 0 Å². The second kappa shape index (κ2) is 9.30. The molecule has 0 N–H and O–H groups in total. The van der Waals surface area contributed by atoms with Crippen LogP contribution in [0.3, 0.4) is 0 Å². The summed E-state index contributed by atoms with van der Waals surface area (Å²) in [6.07, 6.45) is -0.483. The van der Waals surface area contributed by atoms with Gasteiger partial charge in [0.1, 0.15) is 10.1 Å². The second-order valence-corrected chi connectivity index (χ2v) is 8.62. The number of fused-ring (bicyclic) bond motifs is 2. The predicted molar refractivity (Wildman–Crippen MR) is 130 cm³/mol. The molecule has 0 amide bonds. The highest BCUT2D eigenvalue weighted by Crippen LogP contribution is 2.47. The minimum absolute atomic E-state index is 0.483. The number of aromatic nitrogens is 2. The molecule has 1 aromatic heterocycles. The van der Waals surface area contributed by atoms with Crippen molar-refractivity contribution in [2.24, 2.45) is 9.98 Å². The van der Waals surface area contributed by atoms with Crippen molar-refractivity contribution in [1.82, 2.24) is 14.9 Å². The van der Waals surface area contributed by atoms with Crippen LogP contribution in [0.25, 0.3) is 5.57 Å². The summed E-state index contributed by atoms with van der Waals surface area (Å²) in [5.74, 6) is 1.77. The Bertz CT molecular complexity index is 1100. The monoisotopic (exact) mass is 452 g/mol. The van der Waals surface area contributed by atoms with Crippen molar-refractivity contribution in [3.05, 3.63) is 47.0 Å². The van der Waals surface area contributed by atoms with E-state index in [9.17, 15) is 0 Å². The number of rotatable bonds is 6. The number of guanidine groups is 1. The topological polar surface area (TPSA) is 75.4 Å². The minimum atomic E-state index is -0.483. The van der Waals surface area contributed by atoms with Gasteiger partial charge in [-0.15, -0.1) is 0 Å². The third-order valence-electron chi connectivity index (χ3n) is 4.92. The van der Waals surface area contributed by atoms with Gasteiger partial charge in [-0.3, -0.25) is 0 Å². The lowest BCUT2D eigenvalue weighted by atomic mass is 9.93. The van der Waals surface area contributed by atoms with Crippen molar-refractivity contribution in [2.75, 3.05) is 46.3 Å². The van der Waals surface area contributed by atoms with Crippen LogP contribution in [0.1, 0.15) is 25.0 Å². The van der Waals surface area contributed by atoms with Crippen LogP contribution in [0.15, 0.2) is 50.9 Å². The first kappa shape index (κ1) is 22.3. The number of thioether (sulfide) groups is 1. The van der Waals surface area contributed by atoms with E-state index in [0.29, 0.717) is 31.0 Å². The molecule has 2 aromatic rings. The largest absolute Gasteiger partial charge is 0.477 e. The third-order valence-corrected chi connectivity index (χ3v) is 5.92. The normalized spacial score (nSPS) is 17.2. The number of ether oxygens (including phenoxy) is 2. The van der Waals surface area contributed by atoms with Crippen molar-refractivity contribution in [3.63, 3.8) is 0 Å². The summed E-state index contributed by atoms with van der Waals surface area (Å²) >= 11 is 1.51. The highest BCUT2D eigenvalue weighted by atomic mass is 32.2. The Kier molecular flexibility index (Phi) is 6.48. The van der Waals surface area contributed by atoms with Gasteiger partial charge in [0.05, 0.1) is 12.2 Å². The van der Waals surface area contributed by atoms with Crippen LogP contribution >= 0.6 is 11.8 Å². The number of hydrogen-bond donors (Lipinski definition) is 0. The number of benzene rings is 1. The Morgan fingerprint density at radius 2 is 1.72 bits per heavy atom. The van der Waals surface area contributed by atoms with Crippen LogP contribution in [0.5, 0.6) is 5.88 Å². The Labute approximate surface area is 193 Å². The van der Waals surface area contributed by atoms with E-state index in [0.717, 1.165) is 32.3 Å². The number of nitrogens with zero attached hydrogens (tertiary/aromatic N) is 6. The molecule has 4 rings (SSSR count). The van der Waals surface area contributed by atoms with Crippen molar-refractivity contribution in [3.8, 4) is 5.88 Å². The molecule has 168 valence electrons. The first-order valence-corrected chi connectivity index (χ1v) is 11.4. The lowest BCUT2D eigenvalue weighted by Crippen LogP contribution is -2.33. The molecule has 0 radical (unpaired) electrons. The minimum Gasteiger partial charge on any atom is -0.477 e. The molecule has 0 aliphatic carbocycles. The van der Waals surface area contributed by atoms with Gasteiger partial charge >= 0.3 is 0 Å². The maximum Gasteiger partial charge on any atom is 0.229 e. The van der Waals surface area contributed by atoms with Gasteiger partial charge in [0, 0.05) is 45.9 Å². The van der Waals surface area contributed by atoms with E-state index in [4.69, 9.17) is 29.4 Å². The lowest BCUT2D eigenvalue weighted by Gasteiger charge is -2.32. The van der Waals surface area contributed by atoms with Gasteiger partial charge in [-0.2, -0.15) is 4.98 Å². The van der Waals surface area contributed by atoms with Crippen molar-refractivity contribution < 1.29 is 9.47 Å². The van der Waals surface area contributed by atoms with Gasteiger partial charge in [0.25, 0.3) is 0 Å². The summed E-state index contributed by atoms with van der Waals surface area (Å²) in [4.78, 5) is 23.0. The molecule has 1 atom stereocenters. The van der Waals surface area contributed by atoms with Gasteiger partial charge in [-0.25, -0.2) is 15.0 Å². The average Bonchev–Trinajstić information content (AvgIpc) is 2.78. The quantitative estimate of drug-likeness (QED) is 0.621. The molecule has 0 bridgehead atoms. The van der Waals surface area contributed by atoms with Gasteiger partial charge in [-0.1, -0.05) is 30.3 Å². The molecule has 0 saturated heterocycles. The highest BCUT2D eigenvalue weighted by Gasteiger charge is 2.38. The predicted octanol–water partition coefficient (Wildman–Crippen LogP) is 3.54. The first-order chi connectivity index (χ1) is 15.4. The molecule has 9 heteroatoms. The smallest absolute Gasteiger partial charge is 0.229 e.